The Morgan fingerprint density at radius 2 is 1.68 bits per heavy atom. The van der Waals surface area contributed by atoms with E-state index in [1.54, 1.807) is 34.9 Å². The predicted molar refractivity (Wildman–Crippen MR) is 78.4 cm³/mol. The molecule has 0 bridgehead atoms. The summed E-state index contributed by atoms with van der Waals surface area (Å²) in [6, 6.07) is 9.90. The van der Waals surface area contributed by atoms with Crippen molar-refractivity contribution in [3.05, 3.63) is 57.0 Å². The highest BCUT2D eigenvalue weighted by molar-refractivity contribution is 7.71. The number of halogens is 3. The van der Waals surface area contributed by atoms with Crippen LogP contribution in [0.1, 0.15) is 0 Å². The molecule has 19 heavy (non-hydrogen) atoms. The van der Waals surface area contributed by atoms with Gasteiger partial charge in [0.25, 0.3) is 0 Å². The van der Waals surface area contributed by atoms with Crippen molar-refractivity contribution in [1.29, 1.82) is 0 Å². The summed E-state index contributed by atoms with van der Waals surface area (Å²) in [4.78, 5) is 2.83. The molecule has 1 N–H and O–H groups in total. The van der Waals surface area contributed by atoms with Gasteiger partial charge in [0.05, 0.1) is 21.2 Å². The van der Waals surface area contributed by atoms with Crippen LogP contribution < -0.4 is 0 Å². The number of rotatable bonds is 1. The number of hydrogen-bond acceptors (Lipinski definition) is 1. The van der Waals surface area contributed by atoms with Crippen LogP contribution in [0.5, 0.6) is 0 Å². The predicted octanol–water partition coefficient (Wildman–Crippen LogP) is 5.13. The SMILES string of the molecule is Fc1cccc2c1[nH]c(=S)n2-c1c(Cl)cccc1Cl. The average molecular weight is 313 g/mol. The second-order valence-corrected chi connectivity index (χ2v) is 5.17. The fourth-order valence-corrected chi connectivity index (χ4v) is 2.88. The summed E-state index contributed by atoms with van der Waals surface area (Å²) in [5.41, 5.74) is 1.48. The van der Waals surface area contributed by atoms with Crippen molar-refractivity contribution in [2.24, 2.45) is 0 Å². The third-order valence-corrected chi connectivity index (χ3v) is 3.72. The van der Waals surface area contributed by atoms with E-state index in [-0.39, 0.29) is 5.82 Å². The number of fused-ring (bicyclic) bond motifs is 1. The number of aromatic amines is 1. The number of benzene rings is 2. The minimum absolute atomic E-state index is 0.337. The number of hydrogen-bond donors (Lipinski definition) is 1. The largest absolute Gasteiger partial charge is 0.328 e. The zero-order valence-corrected chi connectivity index (χ0v) is 11.8. The number of imidazole rings is 1. The molecule has 0 atom stereocenters. The Morgan fingerprint density at radius 1 is 1.05 bits per heavy atom. The van der Waals surface area contributed by atoms with E-state index in [9.17, 15) is 4.39 Å². The van der Waals surface area contributed by atoms with Gasteiger partial charge >= 0.3 is 0 Å². The van der Waals surface area contributed by atoms with Crippen LogP contribution in [0.25, 0.3) is 16.7 Å². The van der Waals surface area contributed by atoms with Gasteiger partial charge in [0.2, 0.25) is 0 Å². The molecule has 0 fully saturated rings. The van der Waals surface area contributed by atoms with Gasteiger partial charge in [0.1, 0.15) is 11.3 Å². The number of para-hydroxylation sites is 2. The third kappa shape index (κ3) is 1.96. The van der Waals surface area contributed by atoms with Crippen LogP contribution in [0.15, 0.2) is 36.4 Å². The summed E-state index contributed by atoms with van der Waals surface area (Å²) < 4.78 is 15.7. The van der Waals surface area contributed by atoms with E-state index < -0.39 is 0 Å². The standard InChI is InChI=1S/C13H7Cl2FN2S/c14-7-3-1-4-8(15)12(7)18-10-6-2-5-9(16)11(10)17-13(18)19/h1-6H,(H,17,19). The Morgan fingerprint density at radius 3 is 2.37 bits per heavy atom. The van der Waals surface area contributed by atoms with Gasteiger partial charge in [-0.25, -0.2) is 4.39 Å². The zero-order valence-electron chi connectivity index (χ0n) is 9.45. The van der Waals surface area contributed by atoms with Crippen LogP contribution in [0.2, 0.25) is 10.0 Å². The van der Waals surface area contributed by atoms with Gasteiger partial charge < -0.3 is 4.98 Å². The Hall–Kier alpha value is -1.36. The maximum Gasteiger partial charge on any atom is 0.182 e. The molecule has 0 unspecified atom stereocenters. The topological polar surface area (TPSA) is 20.7 Å². The Bertz CT molecular complexity index is 818. The molecule has 2 nitrogen and oxygen atoms in total. The monoisotopic (exact) mass is 312 g/mol. The van der Waals surface area contributed by atoms with Crippen molar-refractivity contribution >= 4 is 46.5 Å². The summed E-state index contributed by atoms with van der Waals surface area (Å²) in [7, 11) is 0. The van der Waals surface area contributed by atoms with Crippen molar-refractivity contribution in [2.45, 2.75) is 0 Å². The maximum absolute atomic E-state index is 13.7. The van der Waals surface area contributed by atoms with E-state index in [2.05, 4.69) is 4.98 Å². The van der Waals surface area contributed by atoms with Gasteiger partial charge in [-0.3, -0.25) is 4.57 Å². The minimum Gasteiger partial charge on any atom is -0.328 e. The first kappa shape index (κ1) is 12.7. The molecule has 0 radical (unpaired) electrons. The van der Waals surface area contributed by atoms with Gasteiger partial charge in [-0.2, -0.15) is 0 Å². The van der Waals surface area contributed by atoms with E-state index in [1.165, 1.54) is 6.07 Å². The van der Waals surface area contributed by atoms with E-state index >= 15 is 0 Å². The van der Waals surface area contributed by atoms with Crippen molar-refractivity contribution in [1.82, 2.24) is 9.55 Å². The molecule has 0 spiro atoms. The van der Waals surface area contributed by atoms with E-state index in [0.29, 0.717) is 31.5 Å². The van der Waals surface area contributed by atoms with Crippen LogP contribution in [-0.4, -0.2) is 9.55 Å². The van der Waals surface area contributed by atoms with Gasteiger partial charge in [0, 0.05) is 0 Å². The first-order valence-corrected chi connectivity index (χ1v) is 6.59. The Kier molecular flexibility index (Phi) is 3.09. The van der Waals surface area contributed by atoms with E-state index in [0.717, 1.165) is 0 Å². The molecule has 96 valence electrons. The maximum atomic E-state index is 13.7. The van der Waals surface area contributed by atoms with E-state index in [4.69, 9.17) is 35.4 Å². The molecule has 3 rings (SSSR count). The molecule has 0 saturated carbocycles. The van der Waals surface area contributed by atoms with Gasteiger partial charge in [-0.1, -0.05) is 35.3 Å². The molecule has 0 aliphatic heterocycles. The first-order valence-electron chi connectivity index (χ1n) is 5.43. The molecule has 2 aromatic carbocycles. The van der Waals surface area contributed by atoms with Gasteiger partial charge in [0.15, 0.2) is 4.77 Å². The van der Waals surface area contributed by atoms with Gasteiger partial charge in [-0.05, 0) is 36.5 Å². The minimum atomic E-state index is -0.370. The highest BCUT2D eigenvalue weighted by atomic mass is 35.5. The summed E-state index contributed by atoms with van der Waals surface area (Å²) in [5.74, 6) is -0.370. The van der Waals surface area contributed by atoms with Crippen molar-refractivity contribution in [3.8, 4) is 5.69 Å². The Labute approximate surface area is 123 Å². The molecule has 3 aromatic rings. The van der Waals surface area contributed by atoms with Gasteiger partial charge in [-0.15, -0.1) is 0 Å². The van der Waals surface area contributed by atoms with Crippen LogP contribution in [0.4, 0.5) is 4.39 Å². The molecule has 0 amide bonds. The smallest absolute Gasteiger partial charge is 0.182 e. The number of aromatic nitrogens is 2. The number of nitrogens with one attached hydrogen (secondary N) is 1. The fraction of sp³-hybridized carbons (Fsp3) is 0. The quantitative estimate of drug-likeness (QED) is 0.617. The average Bonchev–Trinajstić information content (AvgIpc) is 2.68. The van der Waals surface area contributed by atoms with E-state index in [1.807, 2.05) is 0 Å². The van der Waals surface area contributed by atoms with Crippen LogP contribution in [0, 0.1) is 10.6 Å². The molecule has 0 saturated heterocycles. The lowest BCUT2D eigenvalue weighted by Gasteiger charge is -2.09. The molecular formula is C13H7Cl2FN2S. The summed E-state index contributed by atoms with van der Waals surface area (Å²) in [6.45, 7) is 0. The number of nitrogens with zero attached hydrogens (tertiary/aromatic N) is 1. The van der Waals surface area contributed by atoms with Crippen molar-refractivity contribution < 1.29 is 4.39 Å². The second kappa shape index (κ2) is 4.63. The van der Waals surface area contributed by atoms with Crippen LogP contribution in [-0.2, 0) is 0 Å². The highest BCUT2D eigenvalue weighted by Gasteiger charge is 2.14. The molecule has 0 aliphatic rings. The molecule has 1 heterocycles. The molecule has 1 aromatic heterocycles. The lowest BCUT2D eigenvalue weighted by atomic mass is 10.2. The summed E-state index contributed by atoms with van der Waals surface area (Å²) in [6.07, 6.45) is 0. The zero-order chi connectivity index (χ0) is 13.6. The van der Waals surface area contributed by atoms with Crippen LogP contribution in [0.3, 0.4) is 0 Å². The van der Waals surface area contributed by atoms with Crippen molar-refractivity contribution in [2.75, 3.05) is 0 Å². The Balaban J connectivity index is 2.47. The lowest BCUT2D eigenvalue weighted by molar-refractivity contribution is 0.637. The fourth-order valence-electron chi connectivity index (χ4n) is 2.02. The molecular weight excluding hydrogens is 306 g/mol. The molecule has 0 aliphatic carbocycles. The van der Waals surface area contributed by atoms with Crippen LogP contribution >= 0.6 is 35.4 Å². The summed E-state index contributed by atoms with van der Waals surface area (Å²) >= 11 is 17.6. The molecule has 6 heteroatoms. The normalized spacial score (nSPS) is 11.1. The lowest BCUT2D eigenvalue weighted by Crippen LogP contribution is -1.96. The van der Waals surface area contributed by atoms with Crippen molar-refractivity contribution in [3.63, 3.8) is 0 Å². The first-order chi connectivity index (χ1) is 9.09. The summed E-state index contributed by atoms with van der Waals surface area (Å²) in [5, 5.41) is 0.905. The number of H-pyrrole nitrogens is 1. The highest BCUT2D eigenvalue weighted by Crippen LogP contribution is 2.31. The second-order valence-electron chi connectivity index (χ2n) is 3.97. The third-order valence-electron chi connectivity index (χ3n) is 2.83.